The molecule has 1 fully saturated rings. The van der Waals surface area contributed by atoms with Crippen molar-refractivity contribution in [3.63, 3.8) is 0 Å². The van der Waals surface area contributed by atoms with Crippen molar-refractivity contribution < 1.29 is 4.79 Å². The van der Waals surface area contributed by atoms with Gasteiger partial charge in [0.25, 0.3) is 0 Å². The molecule has 88 valence electrons. The number of carbonyl (C=O) groups excluding carboxylic acids is 1. The second-order valence-corrected chi connectivity index (χ2v) is 4.94. The molecule has 1 heterocycles. The molecular weight excluding hydrogens is 204 g/mol. The van der Waals surface area contributed by atoms with Crippen LogP contribution in [-0.4, -0.2) is 20.9 Å². The first-order chi connectivity index (χ1) is 7.50. The SMILES string of the molecule is CC(C)c1c(CC(N)=O)nnn1C1CC1C. The molecule has 1 aliphatic carbocycles. The predicted octanol–water partition coefficient (Wildman–Crippen LogP) is 1.01. The molecule has 0 bridgehead atoms. The van der Waals surface area contributed by atoms with Gasteiger partial charge in [-0.25, -0.2) is 4.68 Å². The van der Waals surface area contributed by atoms with E-state index in [9.17, 15) is 4.79 Å². The van der Waals surface area contributed by atoms with Crippen LogP contribution in [0.15, 0.2) is 0 Å². The molecule has 1 aromatic heterocycles. The second-order valence-electron chi connectivity index (χ2n) is 4.94. The lowest BCUT2D eigenvalue weighted by molar-refractivity contribution is -0.117. The minimum atomic E-state index is -0.349. The Kier molecular flexibility index (Phi) is 2.69. The molecule has 5 heteroatoms. The van der Waals surface area contributed by atoms with Crippen molar-refractivity contribution in [3.05, 3.63) is 11.4 Å². The van der Waals surface area contributed by atoms with E-state index in [1.807, 2.05) is 4.68 Å². The molecule has 0 radical (unpaired) electrons. The Labute approximate surface area is 95.0 Å². The summed E-state index contributed by atoms with van der Waals surface area (Å²) in [4.78, 5) is 10.9. The van der Waals surface area contributed by atoms with Gasteiger partial charge in [0.15, 0.2) is 0 Å². The Morgan fingerprint density at radius 3 is 2.69 bits per heavy atom. The van der Waals surface area contributed by atoms with Crippen LogP contribution in [0.5, 0.6) is 0 Å². The lowest BCUT2D eigenvalue weighted by Gasteiger charge is -2.09. The number of rotatable bonds is 4. The van der Waals surface area contributed by atoms with Crippen molar-refractivity contribution >= 4 is 5.91 Å². The maximum absolute atomic E-state index is 10.9. The smallest absolute Gasteiger partial charge is 0.223 e. The van der Waals surface area contributed by atoms with Crippen LogP contribution >= 0.6 is 0 Å². The molecule has 0 aliphatic heterocycles. The summed E-state index contributed by atoms with van der Waals surface area (Å²) in [5, 5.41) is 8.25. The molecule has 1 aromatic rings. The van der Waals surface area contributed by atoms with E-state index in [1.54, 1.807) is 0 Å². The van der Waals surface area contributed by atoms with Gasteiger partial charge < -0.3 is 5.73 Å². The molecule has 2 N–H and O–H groups in total. The fourth-order valence-electron chi connectivity index (χ4n) is 2.11. The Hall–Kier alpha value is -1.39. The lowest BCUT2D eigenvalue weighted by atomic mass is 10.1. The second kappa shape index (κ2) is 3.88. The Bertz CT molecular complexity index is 410. The maximum Gasteiger partial charge on any atom is 0.223 e. The number of carbonyl (C=O) groups is 1. The zero-order chi connectivity index (χ0) is 11.9. The third-order valence-corrected chi connectivity index (χ3v) is 3.07. The summed E-state index contributed by atoms with van der Waals surface area (Å²) in [5.74, 6) is 0.635. The quantitative estimate of drug-likeness (QED) is 0.826. The van der Waals surface area contributed by atoms with Crippen LogP contribution < -0.4 is 5.73 Å². The number of hydrogen-bond donors (Lipinski definition) is 1. The molecule has 1 saturated carbocycles. The summed E-state index contributed by atoms with van der Waals surface area (Å²) >= 11 is 0. The Morgan fingerprint density at radius 2 is 2.25 bits per heavy atom. The van der Waals surface area contributed by atoms with Crippen LogP contribution in [0.4, 0.5) is 0 Å². The topological polar surface area (TPSA) is 73.8 Å². The minimum Gasteiger partial charge on any atom is -0.369 e. The highest BCUT2D eigenvalue weighted by atomic mass is 16.1. The van der Waals surface area contributed by atoms with Gasteiger partial charge in [-0.3, -0.25) is 4.79 Å². The van der Waals surface area contributed by atoms with Crippen LogP contribution in [0, 0.1) is 5.92 Å². The van der Waals surface area contributed by atoms with Crippen molar-refractivity contribution in [1.29, 1.82) is 0 Å². The first kappa shape index (κ1) is 11.1. The van der Waals surface area contributed by atoms with Gasteiger partial charge >= 0.3 is 0 Å². The summed E-state index contributed by atoms with van der Waals surface area (Å²) < 4.78 is 1.98. The highest BCUT2D eigenvalue weighted by Gasteiger charge is 2.38. The Balaban J connectivity index is 2.32. The molecule has 2 atom stereocenters. The minimum absolute atomic E-state index is 0.189. The first-order valence-electron chi connectivity index (χ1n) is 5.73. The fourth-order valence-corrected chi connectivity index (χ4v) is 2.11. The van der Waals surface area contributed by atoms with Gasteiger partial charge in [0.1, 0.15) is 0 Å². The molecule has 5 nitrogen and oxygen atoms in total. The van der Waals surface area contributed by atoms with Crippen LogP contribution in [0.3, 0.4) is 0 Å². The van der Waals surface area contributed by atoms with Gasteiger partial charge in [0.2, 0.25) is 5.91 Å². The average Bonchev–Trinajstić information content (AvgIpc) is 2.74. The van der Waals surface area contributed by atoms with Crippen LogP contribution in [0.25, 0.3) is 0 Å². The van der Waals surface area contributed by atoms with Gasteiger partial charge in [-0.2, -0.15) is 0 Å². The summed E-state index contributed by atoms with van der Waals surface area (Å²) in [7, 11) is 0. The maximum atomic E-state index is 10.9. The largest absolute Gasteiger partial charge is 0.369 e. The third-order valence-electron chi connectivity index (χ3n) is 3.07. The normalized spacial score (nSPS) is 23.8. The van der Waals surface area contributed by atoms with E-state index in [0.29, 0.717) is 17.9 Å². The monoisotopic (exact) mass is 222 g/mol. The number of hydrogen-bond acceptors (Lipinski definition) is 3. The van der Waals surface area contributed by atoms with Crippen molar-refractivity contribution in [2.24, 2.45) is 11.7 Å². The van der Waals surface area contributed by atoms with E-state index in [1.165, 1.54) is 0 Å². The molecule has 16 heavy (non-hydrogen) atoms. The lowest BCUT2D eigenvalue weighted by Crippen LogP contribution is -2.16. The summed E-state index contributed by atoms with van der Waals surface area (Å²) in [5.41, 5.74) is 7.01. The van der Waals surface area contributed by atoms with Gasteiger partial charge in [0, 0.05) is 0 Å². The molecule has 2 rings (SSSR count). The van der Waals surface area contributed by atoms with E-state index < -0.39 is 0 Å². The van der Waals surface area contributed by atoms with Crippen molar-refractivity contribution in [1.82, 2.24) is 15.0 Å². The highest BCUT2D eigenvalue weighted by molar-refractivity contribution is 5.76. The van der Waals surface area contributed by atoms with Gasteiger partial charge in [-0.05, 0) is 18.3 Å². The molecule has 0 aromatic carbocycles. The molecule has 1 aliphatic rings. The predicted molar refractivity (Wildman–Crippen MR) is 59.8 cm³/mol. The number of aromatic nitrogens is 3. The fraction of sp³-hybridized carbons (Fsp3) is 0.727. The van der Waals surface area contributed by atoms with Crippen LogP contribution in [0.1, 0.15) is 50.5 Å². The summed E-state index contributed by atoms with van der Waals surface area (Å²) in [6.45, 7) is 6.38. The number of primary amides is 1. The average molecular weight is 222 g/mol. The summed E-state index contributed by atoms with van der Waals surface area (Å²) in [6, 6.07) is 0.464. The van der Waals surface area contributed by atoms with Crippen LogP contribution in [0.2, 0.25) is 0 Å². The van der Waals surface area contributed by atoms with Crippen LogP contribution in [-0.2, 0) is 11.2 Å². The molecular formula is C11H18N4O. The van der Waals surface area contributed by atoms with E-state index >= 15 is 0 Å². The Morgan fingerprint density at radius 1 is 1.62 bits per heavy atom. The molecule has 2 unspecified atom stereocenters. The number of amides is 1. The van der Waals surface area contributed by atoms with E-state index in [2.05, 4.69) is 31.1 Å². The van der Waals surface area contributed by atoms with E-state index in [0.717, 1.165) is 17.8 Å². The van der Waals surface area contributed by atoms with Crippen molar-refractivity contribution in [2.75, 3.05) is 0 Å². The number of nitrogens with zero attached hydrogens (tertiary/aromatic N) is 3. The standard InChI is InChI=1S/C11H18N4O/c1-6(2)11-8(5-10(12)16)13-14-15(11)9-4-7(9)3/h6-7,9H,4-5H2,1-3H3,(H2,12,16). The van der Waals surface area contributed by atoms with Gasteiger partial charge in [-0.1, -0.05) is 26.0 Å². The van der Waals surface area contributed by atoms with Crippen molar-refractivity contribution in [2.45, 2.75) is 45.6 Å². The van der Waals surface area contributed by atoms with Crippen molar-refractivity contribution in [3.8, 4) is 0 Å². The van der Waals surface area contributed by atoms with E-state index in [-0.39, 0.29) is 12.3 Å². The summed E-state index contributed by atoms with van der Waals surface area (Å²) in [6.07, 6.45) is 1.34. The van der Waals surface area contributed by atoms with Gasteiger partial charge in [0.05, 0.1) is 23.9 Å². The first-order valence-corrected chi connectivity index (χ1v) is 5.73. The molecule has 0 spiro atoms. The zero-order valence-electron chi connectivity index (χ0n) is 9.97. The van der Waals surface area contributed by atoms with E-state index in [4.69, 9.17) is 5.73 Å². The highest BCUT2D eigenvalue weighted by Crippen LogP contribution is 2.43. The molecule has 1 amide bonds. The zero-order valence-corrected chi connectivity index (χ0v) is 9.97. The van der Waals surface area contributed by atoms with Gasteiger partial charge in [-0.15, -0.1) is 5.10 Å². The molecule has 0 saturated heterocycles. The third kappa shape index (κ3) is 1.94. The number of nitrogens with two attached hydrogens (primary N) is 1.